The maximum absolute atomic E-state index is 13.1. The molecule has 3 unspecified atom stereocenters. The van der Waals surface area contributed by atoms with Gasteiger partial charge in [-0.2, -0.15) is 0 Å². The van der Waals surface area contributed by atoms with Crippen molar-refractivity contribution in [1.29, 1.82) is 0 Å². The fourth-order valence-electron chi connectivity index (χ4n) is 5.59. The van der Waals surface area contributed by atoms with E-state index in [0.29, 0.717) is 42.5 Å². The van der Waals surface area contributed by atoms with Crippen LogP contribution in [0.2, 0.25) is 0 Å². The van der Waals surface area contributed by atoms with E-state index in [-0.39, 0.29) is 17.7 Å². The average Bonchev–Trinajstić information content (AvgIpc) is 3.27. The fourth-order valence-corrected chi connectivity index (χ4v) is 5.59. The van der Waals surface area contributed by atoms with Crippen LogP contribution in [0.3, 0.4) is 0 Å². The minimum atomic E-state index is -0.472. The number of aromatic nitrogens is 1. The van der Waals surface area contributed by atoms with E-state index in [9.17, 15) is 9.59 Å². The number of ether oxygens (including phenoxy) is 3. The van der Waals surface area contributed by atoms with Gasteiger partial charge in [0.2, 0.25) is 0 Å². The van der Waals surface area contributed by atoms with E-state index in [4.69, 9.17) is 14.2 Å². The minimum absolute atomic E-state index is 0.0208. The Morgan fingerprint density at radius 1 is 1.17 bits per heavy atom. The number of methoxy groups -OCH3 is 1. The largest absolute Gasteiger partial charge is 0.490 e. The summed E-state index contributed by atoms with van der Waals surface area (Å²) in [5, 5.41) is 0. The Morgan fingerprint density at radius 2 is 2.03 bits per heavy atom. The number of hydrogen-bond donors (Lipinski definition) is 2. The van der Waals surface area contributed by atoms with Crippen LogP contribution < -0.4 is 21.1 Å². The van der Waals surface area contributed by atoms with Gasteiger partial charge in [0.05, 0.1) is 19.3 Å². The van der Waals surface area contributed by atoms with E-state index < -0.39 is 5.97 Å². The topological polar surface area (TPSA) is 94.1 Å². The Hall–Kier alpha value is -2.72. The Bertz CT molecular complexity index is 1100. The normalized spacial score (nSPS) is 24.6. The molecule has 3 aliphatic rings. The van der Waals surface area contributed by atoms with Crippen LogP contribution in [-0.4, -0.2) is 68.0 Å². The number of pyridine rings is 1. The lowest BCUT2D eigenvalue weighted by Gasteiger charge is -2.26. The van der Waals surface area contributed by atoms with Gasteiger partial charge in [-0.3, -0.25) is 10.2 Å². The molecule has 4 heterocycles. The van der Waals surface area contributed by atoms with Gasteiger partial charge < -0.3 is 23.7 Å². The molecule has 3 atom stereocenters. The number of nitrogens with zero attached hydrogens (tertiary/aromatic N) is 2. The molecule has 9 nitrogen and oxygen atoms in total. The lowest BCUT2D eigenvalue weighted by Crippen LogP contribution is -2.35. The number of hydrogen-bond acceptors (Lipinski definition) is 8. The molecule has 0 radical (unpaired) electrons. The molecule has 1 aromatic heterocycles. The smallest absolute Gasteiger partial charge is 0.343 e. The molecule has 0 bridgehead atoms. The molecule has 2 fully saturated rings. The van der Waals surface area contributed by atoms with Crippen LogP contribution in [0.4, 0.5) is 0 Å². The number of benzene rings is 1. The highest BCUT2D eigenvalue weighted by atomic mass is 16.5. The van der Waals surface area contributed by atoms with E-state index in [0.717, 1.165) is 52.0 Å². The van der Waals surface area contributed by atoms with E-state index >= 15 is 0 Å². The monoisotopic (exact) mass is 496 g/mol. The van der Waals surface area contributed by atoms with Crippen molar-refractivity contribution in [1.82, 2.24) is 20.3 Å². The van der Waals surface area contributed by atoms with E-state index in [2.05, 4.69) is 40.0 Å². The zero-order chi connectivity index (χ0) is 24.9. The summed E-state index contributed by atoms with van der Waals surface area (Å²) < 4.78 is 18.6. The second kappa shape index (κ2) is 11.6. The predicted octanol–water partition coefficient (Wildman–Crippen LogP) is 1.91. The van der Waals surface area contributed by atoms with Crippen LogP contribution in [0.5, 0.6) is 5.75 Å². The van der Waals surface area contributed by atoms with E-state index in [1.54, 1.807) is 4.57 Å². The second-order valence-electron chi connectivity index (χ2n) is 9.84. The summed E-state index contributed by atoms with van der Waals surface area (Å²) in [6.45, 7) is 4.81. The number of fused-ring (bicyclic) bond motifs is 1. The van der Waals surface area contributed by atoms with Crippen molar-refractivity contribution in [3.63, 3.8) is 0 Å². The average molecular weight is 497 g/mol. The van der Waals surface area contributed by atoms with Gasteiger partial charge in [0.1, 0.15) is 17.9 Å². The fraction of sp³-hybridized carbons (Fsp3) is 0.556. The number of nitrogens with one attached hydrogen (secondary N) is 2. The highest BCUT2D eigenvalue weighted by Gasteiger charge is 2.32. The summed E-state index contributed by atoms with van der Waals surface area (Å²) in [5.74, 6) is 0.217. The first-order valence-electron chi connectivity index (χ1n) is 13.0. The van der Waals surface area contributed by atoms with E-state index in [1.807, 2.05) is 6.07 Å². The number of carbonyl (C=O) groups excluding carboxylic acids is 1. The highest BCUT2D eigenvalue weighted by molar-refractivity contribution is 5.93. The molecule has 0 spiro atoms. The first-order chi connectivity index (χ1) is 17.6. The Morgan fingerprint density at radius 3 is 2.81 bits per heavy atom. The molecule has 3 aliphatic heterocycles. The molecule has 0 saturated carbocycles. The number of hydrazine groups is 1. The van der Waals surface area contributed by atoms with Crippen LogP contribution in [-0.2, 0) is 22.4 Å². The summed E-state index contributed by atoms with van der Waals surface area (Å²) in [6.07, 6.45) is 3.62. The van der Waals surface area contributed by atoms with Gasteiger partial charge in [-0.05, 0) is 24.8 Å². The molecule has 5 rings (SSSR count). The van der Waals surface area contributed by atoms with Gasteiger partial charge in [-0.25, -0.2) is 10.2 Å². The van der Waals surface area contributed by atoms with Crippen LogP contribution >= 0.6 is 0 Å². The van der Waals surface area contributed by atoms with Crippen molar-refractivity contribution in [3.05, 3.63) is 63.6 Å². The minimum Gasteiger partial charge on any atom is -0.490 e. The molecule has 2 aromatic rings. The Balaban J connectivity index is 1.32. The van der Waals surface area contributed by atoms with E-state index in [1.165, 1.54) is 18.7 Å². The Kier molecular flexibility index (Phi) is 8.01. The lowest BCUT2D eigenvalue weighted by molar-refractivity contribution is -0.0114. The SMILES string of the molecule is COC(=O)c1c(OCC2CCCCO2)cc(=O)n2c1CCN(CC1CNNC1c1ccccc1)CC2. The van der Waals surface area contributed by atoms with Crippen LogP contribution in [0.15, 0.2) is 41.2 Å². The van der Waals surface area contributed by atoms with Crippen LogP contribution in [0, 0.1) is 5.92 Å². The number of rotatable bonds is 7. The quantitative estimate of drug-likeness (QED) is 0.562. The first-order valence-corrected chi connectivity index (χ1v) is 13.0. The molecular formula is C27H36N4O5. The molecule has 0 aliphatic carbocycles. The maximum atomic E-state index is 13.1. The van der Waals surface area contributed by atoms with Crippen molar-refractivity contribution in [2.75, 3.05) is 46.5 Å². The zero-order valence-corrected chi connectivity index (χ0v) is 20.9. The van der Waals surface area contributed by atoms with Gasteiger partial charge in [0.25, 0.3) is 5.56 Å². The summed E-state index contributed by atoms with van der Waals surface area (Å²) >= 11 is 0. The maximum Gasteiger partial charge on any atom is 0.343 e. The molecule has 36 heavy (non-hydrogen) atoms. The third-order valence-electron chi connectivity index (χ3n) is 7.52. The number of esters is 1. The van der Waals surface area contributed by atoms with Crippen molar-refractivity contribution in [2.24, 2.45) is 5.92 Å². The van der Waals surface area contributed by atoms with Gasteiger partial charge in [-0.1, -0.05) is 30.3 Å². The highest BCUT2D eigenvalue weighted by Crippen LogP contribution is 2.28. The van der Waals surface area contributed by atoms with Gasteiger partial charge in [-0.15, -0.1) is 0 Å². The third-order valence-corrected chi connectivity index (χ3v) is 7.52. The Labute approximate surface area is 211 Å². The molecule has 2 N–H and O–H groups in total. The third kappa shape index (κ3) is 5.49. The van der Waals surface area contributed by atoms with Crippen LogP contribution in [0.1, 0.15) is 46.9 Å². The van der Waals surface area contributed by atoms with Crippen LogP contribution in [0.25, 0.3) is 0 Å². The summed E-state index contributed by atoms with van der Waals surface area (Å²) in [7, 11) is 1.37. The molecule has 1 aromatic carbocycles. The summed E-state index contributed by atoms with van der Waals surface area (Å²) in [4.78, 5) is 28.4. The zero-order valence-electron chi connectivity index (χ0n) is 20.9. The molecule has 2 saturated heterocycles. The molecule has 0 amide bonds. The van der Waals surface area contributed by atoms with Gasteiger partial charge >= 0.3 is 5.97 Å². The standard InChI is InChI=1S/C27H36N4O5/c1-34-27(33)25-22-10-11-30(17-20-16-28-29-26(20)19-7-3-2-4-8-19)12-13-31(22)24(32)15-23(25)36-18-21-9-5-6-14-35-21/h2-4,7-8,15,20-21,26,28-29H,5-6,9-14,16-18H2,1H3. The summed E-state index contributed by atoms with van der Waals surface area (Å²) in [5.41, 5.74) is 8.90. The van der Waals surface area contributed by atoms with Crippen molar-refractivity contribution >= 4 is 5.97 Å². The number of carbonyl (C=O) groups is 1. The predicted molar refractivity (Wildman–Crippen MR) is 135 cm³/mol. The molecule has 194 valence electrons. The van der Waals surface area contributed by atoms with Crippen molar-refractivity contribution < 1.29 is 19.0 Å². The first kappa shape index (κ1) is 25.0. The van der Waals surface area contributed by atoms with Crippen molar-refractivity contribution in [3.8, 4) is 5.75 Å². The van der Waals surface area contributed by atoms with Gasteiger partial charge in [0, 0.05) is 63.4 Å². The molecular weight excluding hydrogens is 460 g/mol. The van der Waals surface area contributed by atoms with Crippen molar-refractivity contribution in [2.45, 2.75) is 44.4 Å². The van der Waals surface area contributed by atoms with Gasteiger partial charge in [0.15, 0.2) is 0 Å². The summed E-state index contributed by atoms with van der Waals surface area (Å²) in [6, 6.07) is 12.1. The second-order valence-corrected chi connectivity index (χ2v) is 9.84. The lowest BCUT2D eigenvalue weighted by atomic mass is 9.94. The molecule has 9 heteroatoms.